The van der Waals surface area contributed by atoms with E-state index in [0.717, 1.165) is 59.1 Å². The summed E-state index contributed by atoms with van der Waals surface area (Å²) in [5.41, 5.74) is 4.27. The summed E-state index contributed by atoms with van der Waals surface area (Å²) >= 11 is 0. The predicted molar refractivity (Wildman–Crippen MR) is 132 cm³/mol. The second-order valence-electron chi connectivity index (χ2n) is 8.68. The molecule has 178 valence electrons. The lowest BCUT2D eigenvalue weighted by atomic mass is 9.90. The molecule has 0 bridgehead atoms. The van der Waals surface area contributed by atoms with Gasteiger partial charge >= 0.3 is 5.63 Å². The molecule has 0 aliphatic heterocycles. The zero-order valence-electron chi connectivity index (χ0n) is 19.3. The van der Waals surface area contributed by atoms with Gasteiger partial charge in [-0.25, -0.2) is 4.79 Å². The van der Waals surface area contributed by atoms with Gasteiger partial charge in [0.15, 0.2) is 6.23 Å². The van der Waals surface area contributed by atoms with Crippen LogP contribution in [-0.4, -0.2) is 30.6 Å². The molecular weight excluding hydrogens is 442 g/mol. The lowest BCUT2D eigenvalue weighted by molar-refractivity contribution is 0.0837. The van der Waals surface area contributed by atoms with E-state index in [2.05, 4.69) is 5.32 Å². The Morgan fingerprint density at radius 2 is 1.76 bits per heavy atom. The number of aliphatic hydroxyl groups is 1. The zero-order valence-corrected chi connectivity index (χ0v) is 20.2. The van der Waals surface area contributed by atoms with Crippen LogP contribution in [0.1, 0.15) is 42.0 Å². The Balaban J connectivity index is 0.00000306. The van der Waals surface area contributed by atoms with Gasteiger partial charge in [0.2, 0.25) is 0 Å². The van der Waals surface area contributed by atoms with E-state index in [1.54, 1.807) is 6.92 Å². The molecule has 2 atom stereocenters. The van der Waals surface area contributed by atoms with Crippen LogP contribution < -0.4 is 20.4 Å². The first-order chi connectivity index (χ1) is 15.4. The van der Waals surface area contributed by atoms with Crippen LogP contribution >= 0.6 is 12.4 Å². The molecule has 0 amide bonds. The molecule has 6 nitrogen and oxygen atoms in total. The van der Waals surface area contributed by atoms with Gasteiger partial charge in [0.05, 0.1) is 11.5 Å². The van der Waals surface area contributed by atoms with Crippen molar-refractivity contribution >= 4 is 23.4 Å². The van der Waals surface area contributed by atoms with Crippen molar-refractivity contribution in [2.75, 3.05) is 13.2 Å². The van der Waals surface area contributed by atoms with Crippen LogP contribution in [-0.2, 0) is 12.8 Å². The Morgan fingerprint density at radius 3 is 2.45 bits per heavy atom. The first-order valence-corrected chi connectivity index (χ1v) is 11.3. The highest BCUT2D eigenvalue weighted by molar-refractivity contribution is 5.88. The number of aryl methyl sites for hydroxylation is 3. The summed E-state index contributed by atoms with van der Waals surface area (Å²) in [6.45, 7) is 6.31. The van der Waals surface area contributed by atoms with E-state index in [0.29, 0.717) is 17.9 Å². The fourth-order valence-electron chi connectivity index (χ4n) is 4.16. The summed E-state index contributed by atoms with van der Waals surface area (Å²) in [5.74, 6) is 1.41. The standard InChI is InChI=1S/C26H31NO5.ClH/c1-16-8-10-19(11-9-16)31-24(27-14-18(3)28)15-30-22-12-17(2)13-23-25(22)20-6-4-5-7-21(20)26(29)32-23;/h8-13,18,24,27-28H,4-7,14-15H2,1-3H3;1H. The molecule has 0 saturated heterocycles. The number of nitrogens with one attached hydrogen (secondary N) is 1. The second kappa shape index (κ2) is 11.1. The molecule has 0 radical (unpaired) electrons. The first kappa shape index (κ1) is 25.1. The molecule has 2 aromatic carbocycles. The fourth-order valence-corrected chi connectivity index (χ4v) is 4.16. The van der Waals surface area contributed by atoms with Crippen molar-refractivity contribution in [3.8, 4) is 11.5 Å². The summed E-state index contributed by atoms with van der Waals surface area (Å²) in [6, 6.07) is 11.7. The minimum absolute atomic E-state index is 0. The van der Waals surface area contributed by atoms with Gasteiger partial charge in [-0.15, -0.1) is 12.4 Å². The van der Waals surface area contributed by atoms with Crippen LogP contribution in [0.4, 0.5) is 0 Å². The van der Waals surface area contributed by atoms with Crippen molar-refractivity contribution in [2.45, 2.75) is 58.8 Å². The van der Waals surface area contributed by atoms with Crippen LogP contribution in [0.2, 0.25) is 0 Å². The van der Waals surface area contributed by atoms with Crippen LogP contribution in [0.15, 0.2) is 45.6 Å². The minimum Gasteiger partial charge on any atom is -0.487 e. The highest BCUT2D eigenvalue weighted by Gasteiger charge is 2.22. The van der Waals surface area contributed by atoms with Crippen molar-refractivity contribution in [3.05, 3.63) is 69.1 Å². The molecule has 1 aromatic heterocycles. The Hall–Kier alpha value is -2.54. The largest absolute Gasteiger partial charge is 0.487 e. The van der Waals surface area contributed by atoms with Crippen LogP contribution in [0.3, 0.4) is 0 Å². The third kappa shape index (κ3) is 6.08. The molecule has 1 aliphatic carbocycles. The number of hydrogen-bond acceptors (Lipinski definition) is 6. The topological polar surface area (TPSA) is 80.9 Å². The molecular formula is C26H32ClNO5. The summed E-state index contributed by atoms with van der Waals surface area (Å²) < 4.78 is 18.0. The van der Waals surface area contributed by atoms with E-state index in [1.807, 2.05) is 50.2 Å². The van der Waals surface area contributed by atoms with Gasteiger partial charge in [0, 0.05) is 12.1 Å². The van der Waals surface area contributed by atoms with Gasteiger partial charge in [0.25, 0.3) is 0 Å². The molecule has 1 aliphatic rings. The van der Waals surface area contributed by atoms with Crippen molar-refractivity contribution in [1.82, 2.24) is 5.32 Å². The van der Waals surface area contributed by atoms with E-state index >= 15 is 0 Å². The molecule has 2 N–H and O–H groups in total. The van der Waals surface area contributed by atoms with E-state index in [1.165, 1.54) is 0 Å². The van der Waals surface area contributed by atoms with Gasteiger partial charge in [-0.2, -0.15) is 0 Å². The van der Waals surface area contributed by atoms with E-state index in [4.69, 9.17) is 13.9 Å². The lowest BCUT2D eigenvalue weighted by Gasteiger charge is -2.23. The number of benzene rings is 2. The fraction of sp³-hybridized carbons (Fsp3) is 0.423. The van der Waals surface area contributed by atoms with E-state index in [9.17, 15) is 9.90 Å². The predicted octanol–water partition coefficient (Wildman–Crippen LogP) is 4.46. The monoisotopic (exact) mass is 473 g/mol. The normalized spacial score (nSPS) is 14.8. The number of ether oxygens (including phenoxy) is 2. The average molecular weight is 474 g/mol. The maximum Gasteiger partial charge on any atom is 0.339 e. The van der Waals surface area contributed by atoms with E-state index < -0.39 is 12.3 Å². The van der Waals surface area contributed by atoms with Crippen molar-refractivity contribution in [3.63, 3.8) is 0 Å². The molecule has 4 rings (SSSR count). The zero-order chi connectivity index (χ0) is 22.7. The number of rotatable bonds is 8. The van der Waals surface area contributed by atoms with Crippen molar-refractivity contribution in [1.29, 1.82) is 0 Å². The SMILES string of the molecule is Cc1ccc(OC(COc2cc(C)cc3oc(=O)c4c(c23)CCCC4)NCC(C)O)cc1.Cl. The highest BCUT2D eigenvalue weighted by atomic mass is 35.5. The molecule has 1 heterocycles. The van der Waals surface area contributed by atoms with Crippen LogP contribution in [0.5, 0.6) is 11.5 Å². The smallest absolute Gasteiger partial charge is 0.339 e. The Morgan fingerprint density at radius 1 is 1.06 bits per heavy atom. The molecule has 7 heteroatoms. The first-order valence-electron chi connectivity index (χ1n) is 11.3. The van der Waals surface area contributed by atoms with Gasteiger partial charge < -0.3 is 19.0 Å². The quantitative estimate of drug-likeness (QED) is 0.371. The van der Waals surface area contributed by atoms with Gasteiger partial charge in [-0.3, -0.25) is 5.32 Å². The molecule has 0 fully saturated rings. The maximum absolute atomic E-state index is 12.5. The van der Waals surface area contributed by atoms with Crippen LogP contribution in [0.25, 0.3) is 11.0 Å². The minimum atomic E-state index is -0.514. The number of hydrogen-bond donors (Lipinski definition) is 2. The lowest BCUT2D eigenvalue weighted by Crippen LogP contribution is -2.42. The molecule has 2 unspecified atom stereocenters. The number of fused-ring (bicyclic) bond motifs is 3. The number of aliphatic hydroxyl groups excluding tert-OH is 1. The van der Waals surface area contributed by atoms with E-state index in [-0.39, 0.29) is 24.6 Å². The Bertz CT molecular complexity index is 1140. The summed E-state index contributed by atoms with van der Waals surface area (Å²) in [6.07, 6.45) is 2.67. The van der Waals surface area contributed by atoms with Crippen LogP contribution in [0, 0.1) is 13.8 Å². The summed E-state index contributed by atoms with van der Waals surface area (Å²) in [5, 5.41) is 13.8. The maximum atomic E-state index is 12.5. The Labute approximate surface area is 200 Å². The third-order valence-electron chi connectivity index (χ3n) is 5.76. The average Bonchev–Trinajstić information content (AvgIpc) is 2.76. The molecule has 0 spiro atoms. The molecule has 33 heavy (non-hydrogen) atoms. The van der Waals surface area contributed by atoms with Gasteiger partial charge in [-0.05, 0) is 81.8 Å². The number of halogens is 1. The van der Waals surface area contributed by atoms with Gasteiger partial charge in [-0.1, -0.05) is 17.7 Å². The highest BCUT2D eigenvalue weighted by Crippen LogP contribution is 2.34. The summed E-state index contributed by atoms with van der Waals surface area (Å²) in [4.78, 5) is 12.5. The summed E-state index contributed by atoms with van der Waals surface area (Å²) in [7, 11) is 0. The Kier molecular flexibility index (Phi) is 8.40. The third-order valence-corrected chi connectivity index (χ3v) is 5.76. The second-order valence-corrected chi connectivity index (χ2v) is 8.68. The van der Waals surface area contributed by atoms with Crippen molar-refractivity contribution in [2.24, 2.45) is 0 Å². The van der Waals surface area contributed by atoms with Gasteiger partial charge in [0.1, 0.15) is 23.7 Å². The molecule has 3 aromatic rings. The van der Waals surface area contributed by atoms with Crippen molar-refractivity contribution < 1.29 is 19.0 Å². The molecule has 0 saturated carbocycles.